The Balaban J connectivity index is 2.19. The third-order valence-electron chi connectivity index (χ3n) is 4.69. The van der Waals surface area contributed by atoms with Crippen molar-refractivity contribution in [2.24, 2.45) is 0 Å². The van der Waals surface area contributed by atoms with Crippen molar-refractivity contribution in [2.75, 3.05) is 28.4 Å². The van der Waals surface area contributed by atoms with E-state index in [2.05, 4.69) is 5.32 Å². The molecule has 6 heteroatoms. The molecule has 2 aromatic rings. The molecule has 1 N–H and O–H groups in total. The van der Waals surface area contributed by atoms with Crippen LogP contribution in [0.25, 0.3) is 6.08 Å². The number of hydrogen-bond donors (Lipinski definition) is 1. The molecule has 0 aliphatic heterocycles. The van der Waals surface area contributed by atoms with Gasteiger partial charge < -0.3 is 24.3 Å². The fraction of sp³-hybridized carbons (Fsp3) is 0.348. The summed E-state index contributed by atoms with van der Waals surface area (Å²) in [4.78, 5) is 12.5. The molecular formula is C23H29NO5. The van der Waals surface area contributed by atoms with Crippen LogP contribution in [0, 0.1) is 6.92 Å². The third-order valence-corrected chi connectivity index (χ3v) is 4.69. The summed E-state index contributed by atoms with van der Waals surface area (Å²) in [6, 6.07) is 9.42. The Morgan fingerprint density at radius 1 is 0.966 bits per heavy atom. The predicted octanol–water partition coefficient (Wildman–Crippen LogP) is 4.31. The molecular weight excluding hydrogens is 370 g/mol. The van der Waals surface area contributed by atoms with Gasteiger partial charge in [-0.25, -0.2) is 0 Å². The molecule has 0 aliphatic rings. The van der Waals surface area contributed by atoms with Gasteiger partial charge in [-0.05, 0) is 48.7 Å². The van der Waals surface area contributed by atoms with Gasteiger partial charge >= 0.3 is 0 Å². The summed E-state index contributed by atoms with van der Waals surface area (Å²) in [6.07, 6.45) is 3.95. The van der Waals surface area contributed by atoms with Gasteiger partial charge in [0.1, 0.15) is 5.75 Å². The lowest BCUT2D eigenvalue weighted by Crippen LogP contribution is -2.26. The summed E-state index contributed by atoms with van der Waals surface area (Å²) in [5, 5.41) is 3.04. The minimum absolute atomic E-state index is 0.0935. The van der Waals surface area contributed by atoms with Crippen molar-refractivity contribution in [1.29, 1.82) is 0 Å². The average Bonchev–Trinajstić information content (AvgIpc) is 2.74. The van der Waals surface area contributed by atoms with Crippen molar-refractivity contribution in [3.05, 3.63) is 53.1 Å². The van der Waals surface area contributed by atoms with Gasteiger partial charge in [0.05, 0.1) is 34.5 Å². The molecule has 0 aliphatic carbocycles. The summed E-state index contributed by atoms with van der Waals surface area (Å²) in [5.41, 5.74) is 2.79. The van der Waals surface area contributed by atoms with Gasteiger partial charge in [0.25, 0.3) is 0 Å². The maximum Gasteiger partial charge on any atom is 0.244 e. The first-order valence-electron chi connectivity index (χ1n) is 9.41. The first-order chi connectivity index (χ1) is 14.0. The molecule has 0 saturated heterocycles. The van der Waals surface area contributed by atoms with Crippen LogP contribution in [0.1, 0.15) is 36.1 Å². The second-order valence-corrected chi connectivity index (χ2v) is 6.46. The molecule has 6 nitrogen and oxygen atoms in total. The van der Waals surface area contributed by atoms with Crippen LogP contribution < -0.4 is 24.3 Å². The van der Waals surface area contributed by atoms with Gasteiger partial charge in [-0.1, -0.05) is 19.1 Å². The number of aryl methyl sites for hydroxylation is 1. The fourth-order valence-electron chi connectivity index (χ4n) is 3.18. The van der Waals surface area contributed by atoms with E-state index < -0.39 is 0 Å². The van der Waals surface area contributed by atoms with E-state index in [1.165, 1.54) is 6.08 Å². The third kappa shape index (κ3) is 5.22. The largest absolute Gasteiger partial charge is 0.496 e. The van der Waals surface area contributed by atoms with E-state index in [1.54, 1.807) is 40.6 Å². The number of carbonyl (C=O) groups is 1. The standard InChI is InChI=1S/C23H29NO5/c1-7-18(17-9-11-19(26-3)15(2)14-17)24-21(25)13-10-16-8-12-20(27-4)23(29-6)22(16)28-5/h8-14,18H,7H2,1-6H3,(H,24,25)/b13-10+/t18-/m1/s1. The minimum Gasteiger partial charge on any atom is -0.496 e. The number of rotatable bonds is 9. The van der Waals surface area contributed by atoms with Gasteiger partial charge in [0.15, 0.2) is 11.5 Å². The fourth-order valence-corrected chi connectivity index (χ4v) is 3.18. The molecule has 0 aromatic heterocycles. The summed E-state index contributed by atoms with van der Waals surface area (Å²) >= 11 is 0. The Morgan fingerprint density at radius 3 is 2.17 bits per heavy atom. The molecule has 0 spiro atoms. The zero-order valence-electron chi connectivity index (χ0n) is 17.9. The second kappa shape index (κ2) is 10.4. The van der Waals surface area contributed by atoms with Crippen LogP contribution in [0.4, 0.5) is 0 Å². The Kier molecular flexibility index (Phi) is 7.95. The van der Waals surface area contributed by atoms with Crippen LogP contribution in [0.5, 0.6) is 23.0 Å². The van der Waals surface area contributed by atoms with Crippen LogP contribution in [0.15, 0.2) is 36.4 Å². The highest BCUT2D eigenvalue weighted by Crippen LogP contribution is 2.40. The number of carbonyl (C=O) groups excluding carboxylic acids is 1. The molecule has 29 heavy (non-hydrogen) atoms. The number of ether oxygens (including phenoxy) is 4. The molecule has 0 radical (unpaired) electrons. The molecule has 0 heterocycles. The van der Waals surface area contributed by atoms with Crippen molar-refractivity contribution in [1.82, 2.24) is 5.32 Å². The van der Waals surface area contributed by atoms with Crippen molar-refractivity contribution in [2.45, 2.75) is 26.3 Å². The summed E-state index contributed by atoms with van der Waals surface area (Å²) in [5.74, 6) is 2.19. The number of hydrogen-bond acceptors (Lipinski definition) is 5. The van der Waals surface area contributed by atoms with Crippen LogP contribution in [0.3, 0.4) is 0 Å². The van der Waals surface area contributed by atoms with Crippen molar-refractivity contribution in [3.8, 4) is 23.0 Å². The highest BCUT2D eigenvalue weighted by atomic mass is 16.5. The van der Waals surface area contributed by atoms with E-state index in [9.17, 15) is 4.79 Å². The van der Waals surface area contributed by atoms with E-state index in [1.807, 2.05) is 38.1 Å². The summed E-state index contributed by atoms with van der Waals surface area (Å²) in [6.45, 7) is 4.02. The second-order valence-electron chi connectivity index (χ2n) is 6.46. The lowest BCUT2D eigenvalue weighted by molar-refractivity contribution is -0.117. The zero-order chi connectivity index (χ0) is 21.4. The number of benzene rings is 2. The first kappa shape index (κ1) is 22.1. The van der Waals surface area contributed by atoms with Gasteiger partial charge in [-0.2, -0.15) is 0 Å². The van der Waals surface area contributed by atoms with E-state index >= 15 is 0 Å². The van der Waals surface area contributed by atoms with Crippen molar-refractivity contribution in [3.63, 3.8) is 0 Å². The number of nitrogens with one attached hydrogen (secondary N) is 1. The molecule has 1 amide bonds. The quantitative estimate of drug-likeness (QED) is 0.637. The monoisotopic (exact) mass is 399 g/mol. The first-order valence-corrected chi connectivity index (χ1v) is 9.41. The van der Waals surface area contributed by atoms with E-state index in [4.69, 9.17) is 18.9 Å². The summed E-state index contributed by atoms with van der Waals surface area (Å²) < 4.78 is 21.4. The van der Waals surface area contributed by atoms with Gasteiger partial charge in [-0.3, -0.25) is 4.79 Å². The van der Waals surface area contributed by atoms with Gasteiger partial charge in [-0.15, -0.1) is 0 Å². The Labute approximate surface area is 172 Å². The van der Waals surface area contributed by atoms with E-state index in [0.29, 0.717) is 22.8 Å². The Morgan fingerprint density at radius 2 is 1.62 bits per heavy atom. The Bertz CT molecular complexity index is 876. The molecule has 0 unspecified atom stereocenters. The van der Waals surface area contributed by atoms with Crippen LogP contribution in [0.2, 0.25) is 0 Å². The van der Waals surface area contributed by atoms with Gasteiger partial charge in [0, 0.05) is 11.6 Å². The van der Waals surface area contributed by atoms with Crippen LogP contribution in [-0.2, 0) is 4.79 Å². The molecule has 0 bridgehead atoms. The highest BCUT2D eigenvalue weighted by Gasteiger charge is 2.15. The molecule has 2 aromatic carbocycles. The predicted molar refractivity (Wildman–Crippen MR) is 114 cm³/mol. The highest BCUT2D eigenvalue weighted by molar-refractivity contribution is 5.92. The van der Waals surface area contributed by atoms with Crippen molar-refractivity contribution < 1.29 is 23.7 Å². The maximum absolute atomic E-state index is 12.5. The number of amides is 1. The zero-order valence-corrected chi connectivity index (χ0v) is 17.9. The maximum atomic E-state index is 12.5. The van der Waals surface area contributed by atoms with E-state index in [-0.39, 0.29) is 11.9 Å². The van der Waals surface area contributed by atoms with E-state index in [0.717, 1.165) is 23.3 Å². The molecule has 2 rings (SSSR count). The number of methoxy groups -OCH3 is 4. The lowest BCUT2D eigenvalue weighted by atomic mass is 10.0. The molecule has 156 valence electrons. The lowest BCUT2D eigenvalue weighted by Gasteiger charge is -2.18. The minimum atomic E-state index is -0.192. The normalized spacial score (nSPS) is 11.8. The molecule has 0 fully saturated rings. The Hall–Kier alpha value is -3.15. The molecule has 1 atom stereocenters. The molecule has 0 saturated carbocycles. The van der Waals surface area contributed by atoms with Crippen molar-refractivity contribution >= 4 is 12.0 Å². The average molecular weight is 399 g/mol. The topological polar surface area (TPSA) is 66.0 Å². The SMILES string of the molecule is CC[C@@H](NC(=O)/C=C/c1ccc(OC)c(OC)c1OC)c1ccc(OC)c(C)c1. The summed E-state index contributed by atoms with van der Waals surface area (Å²) in [7, 11) is 6.30. The van der Waals surface area contributed by atoms with Gasteiger partial charge in [0.2, 0.25) is 11.7 Å². The smallest absolute Gasteiger partial charge is 0.244 e. The van der Waals surface area contributed by atoms with Crippen LogP contribution in [-0.4, -0.2) is 34.3 Å². The van der Waals surface area contributed by atoms with Crippen LogP contribution >= 0.6 is 0 Å².